The van der Waals surface area contributed by atoms with Crippen LogP contribution in [-0.4, -0.2) is 64.1 Å². The third-order valence-electron chi connectivity index (χ3n) is 6.99. The summed E-state index contributed by atoms with van der Waals surface area (Å²) in [4.78, 5) is 56.0. The van der Waals surface area contributed by atoms with Crippen molar-refractivity contribution in [3.05, 3.63) is 69.8 Å². The maximum atomic E-state index is 13.2. The van der Waals surface area contributed by atoms with Crippen molar-refractivity contribution in [2.75, 3.05) is 20.1 Å². The molecule has 1 aliphatic carbocycles. The van der Waals surface area contributed by atoms with E-state index in [0.717, 1.165) is 16.5 Å². The van der Waals surface area contributed by atoms with Gasteiger partial charge in [0.1, 0.15) is 11.2 Å². The average Bonchev–Trinajstić information content (AvgIpc) is 3.22. The van der Waals surface area contributed by atoms with Gasteiger partial charge in [-0.15, -0.1) is 0 Å². The predicted octanol–water partition coefficient (Wildman–Crippen LogP) is 2.33. The van der Waals surface area contributed by atoms with E-state index in [1.165, 1.54) is 23.9 Å². The van der Waals surface area contributed by atoms with Gasteiger partial charge in [-0.1, -0.05) is 12.1 Å². The van der Waals surface area contributed by atoms with E-state index in [-0.39, 0.29) is 47.5 Å². The molecule has 2 aromatic heterocycles. The lowest BCUT2D eigenvalue weighted by Gasteiger charge is -2.26. The highest BCUT2D eigenvalue weighted by Gasteiger charge is 2.58. The number of H-pyrrole nitrogens is 1. The molecule has 37 heavy (non-hydrogen) atoms. The summed E-state index contributed by atoms with van der Waals surface area (Å²) in [5.74, 6) is -0.592. The van der Waals surface area contributed by atoms with Gasteiger partial charge >= 0.3 is 6.09 Å². The van der Waals surface area contributed by atoms with Crippen molar-refractivity contribution in [3.8, 4) is 0 Å². The Bertz CT molecular complexity index is 1440. The molecule has 0 bridgehead atoms. The van der Waals surface area contributed by atoms with Gasteiger partial charge in [0, 0.05) is 61.3 Å². The SMILES string of the molecule is CNC(=O)c1cc(C(=O)NC2[C@H]3CN(C(=O)OC(C)(C)C)C[C@@H]23)cn(Cc2cccc3[nH]ccc23)c1=O. The quantitative estimate of drug-likeness (QED) is 0.491. The second-order valence-corrected chi connectivity index (χ2v) is 10.7. The second kappa shape index (κ2) is 9.10. The topological polar surface area (TPSA) is 126 Å². The number of nitrogens with zero attached hydrogens (tertiary/aromatic N) is 2. The highest BCUT2D eigenvalue weighted by molar-refractivity contribution is 5.99. The molecule has 1 aliphatic heterocycles. The first-order chi connectivity index (χ1) is 17.6. The number of pyridine rings is 1. The molecule has 10 heteroatoms. The zero-order valence-electron chi connectivity index (χ0n) is 21.3. The molecule has 3 amide bonds. The van der Waals surface area contributed by atoms with Crippen LogP contribution >= 0.6 is 0 Å². The fourth-order valence-electron chi connectivity index (χ4n) is 5.10. The molecule has 1 unspecified atom stereocenters. The number of piperidine rings is 1. The smallest absolute Gasteiger partial charge is 0.410 e. The number of aromatic nitrogens is 2. The largest absolute Gasteiger partial charge is 0.444 e. The summed E-state index contributed by atoms with van der Waals surface area (Å²) in [6.07, 6.45) is 2.98. The van der Waals surface area contributed by atoms with E-state index in [2.05, 4.69) is 15.6 Å². The number of benzene rings is 1. The zero-order chi connectivity index (χ0) is 26.5. The van der Waals surface area contributed by atoms with Crippen LogP contribution in [0, 0.1) is 11.8 Å². The molecule has 10 nitrogen and oxygen atoms in total. The Balaban J connectivity index is 1.33. The fourth-order valence-corrected chi connectivity index (χ4v) is 5.10. The van der Waals surface area contributed by atoms with Gasteiger partial charge in [-0.05, 0) is 44.5 Å². The van der Waals surface area contributed by atoms with Gasteiger partial charge in [0.05, 0.1) is 12.1 Å². The highest BCUT2D eigenvalue weighted by atomic mass is 16.6. The Labute approximate surface area is 214 Å². The number of likely N-dealkylation sites (tertiary alicyclic amines) is 1. The summed E-state index contributed by atoms with van der Waals surface area (Å²) in [6.45, 7) is 6.74. The number of amides is 3. The lowest BCUT2D eigenvalue weighted by molar-refractivity contribution is 0.0269. The number of hydrogen-bond donors (Lipinski definition) is 3. The highest BCUT2D eigenvalue weighted by Crippen LogP contribution is 2.45. The van der Waals surface area contributed by atoms with Gasteiger partial charge in [-0.2, -0.15) is 0 Å². The maximum Gasteiger partial charge on any atom is 0.410 e. The Morgan fingerprint density at radius 3 is 2.51 bits per heavy atom. The van der Waals surface area contributed by atoms with Crippen molar-refractivity contribution in [1.29, 1.82) is 0 Å². The van der Waals surface area contributed by atoms with Crippen LogP contribution in [0.3, 0.4) is 0 Å². The Morgan fingerprint density at radius 2 is 1.84 bits per heavy atom. The Morgan fingerprint density at radius 1 is 1.11 bits per heavy atom. The maximum absolute atomic E-state index is 13.2. The summed E-state index contributed by atoms with van der Waals surface area (Å²) in [5.41, 5.74) is 0.930. The standard InChI is InChI=1S/C27H31N5O5/c1-27(2,3)37-26(36)32-13-19-20(14-32)22(19)30-23(33)16-10-18(24(34)28-4)25(35)31(12-16)11-15-6-5-7-21-17(15)8-9-29-21/h5-10,12,19-20,22,29H,11,13-14H2,1-4H3,(H,28,34)(H,30,33)/t19-,20+,22?. The summed E-state index contributed by atoms with van der Waals surface area (Å²) in [5, 5.41) is 6.48. The molecule has 3 atom stereocenters. The first-order valence-electron chi connectivity index (χ1n) is 12.4. The van der Waals surface area contributed by atoms with Crippen LogP contribution in [0.4, 0.5) is 4.79 Å². The normalized spacial score (nSPS) is 20.4. The molecule has 1 saturated carbocycles. The van der Waals surface area contributed by atoms with Crippen LogP contribution in [-0.2, 0) is 11.3 Å². The first kappa shape index (κ1) is 24.6. The van der Waals surface area contributed by atoms with Gasteiger partial charge < -0.3 is 29.8 Å². The molecule has 194 valence electrons. The van der Waals surface area contributed by atoms with Gasteiger partial charge in [-0.25, -0.2) is 4.79 Å². The predicted molar refractivity (Wildman–Crippen MR) is 138 cm³/mol. The van der Waals surface area contributed by atoms with Gasteiger partial charge in [-0.3, -0.25) is 14.4 Å². The van der Waals surface area contributed by atoms with Crippen LogP contribution in [0.1, 0.15) is 47.1 Å². The van der Waals surface area contributed by atoms with Crippen LogP contribution in [0.5, 0.6) is 0 Å². The van der Waals surface area contributed by atoms with E-state index in [1.807, 2.05) is 51.2 Å². The van der Waals surface area contributed by atoms with Crippen molar-refractivity contribution >= 4 is 28.8 Å². The molecule has 1 saturated heterocycles. The molecule has 2 aliphatic rings. The van der Waals surface area contributed by atoms with Crippen molar-refractivity contribution in [2.45, 2.75) is 39.0 Å². The number of carbonyl (C=O) groups is 3. The van der Waals surface area contributed by atoms with Crippen molar-refractivity contribution < 1.29 is 19.1 Å². The lowest BCUT2D eigenvalue weighted by Crippen LogP contribution is -2.40. The van der Waals surface area contributed by atoms with E-state index in [0.29, 0.717) is 13.1 Å². The number of fused-ring (bicyclic) bond motifs is 2. The summed E-state index contributed by atoms with van der Waals surface area (Å²) >= 11 is 0. The minimum atomic E-state index is -0.560. The van der Waals surface area contributed by atoms with Crippen molar-refractivity contribution in [2.24, 2.45) is 11.8 Å². The summed E-state index contributed by atoms with van der Waals surface area (Å²) in [6, 6.07) is 8.95. The van der Waals surface area contributed by atoms with E-state index in [9.17, 15) is 19.2 Å². The molecule has 0 radical (unpaired) electrons. The first-order valence-corrected chi connectivity index (χ1v) is 12.4. The number of hydrogen-bond acceptors (Lipinski definition) is 5. The molecule has 2 fully saturated rings. The van der Waals surface area contributed by atoms with Crippen LogP contribution in [0.2, 0.25) is 0 Å². The zero-order valence-corrected chi connectivity index (χ0v) is 21.3. The molecule has 0 spiro atoms. The lowest BCUT2D eigenvalue weighted by atomic mass is 10.1. The molecule has 5 rings (SSSR count). The third kappa shape index (κ3) is 4.83. The van der Waals surface area contributed by atoms with Crippen LogP contribution in [0.15, 0.2) is 47.5 Å². The summed E-state index contributed by atoms with van der Waals surface area (Å²) < 4.78 is 6.85. The number of rotatable bonds is 5. The molecular weight excluding hydrogens is 474 g/mol. The Kier molecular flexibility index (Phi) is 6.05. The molecular formula is C27H31N5O5. The van der Waals surface area contributed by atoms with E-state index < -0.39 is 17.1 Å². The van der Waals surface area contributed by atoms with Gasteiger partial charge in [0.2, 0.25) is 0 Å². The minimum absolute atomic E-state index is 0.0661. The number of nitrogens with one attached hydrogen (secondary N) is 3. The average molecular weight is 506 g/mol. The molecule has 1 aromatic carbocycles. The van der Waals surface area contributed by atoms with E-state index >= 15 is 0 Å². The number of carbonyl (C=O) groups excluding carboxylic acids is 3. The van der Waals surface area contributed by atoms with E-state index in [1.54, 1.807) is 4.90 Å². The van der Waals surface area contributed by atoms with Gasteiger partial charge in [0.25, 0.3) is 17.4 Å². The third-order valence-corrected chi connectivity index (χ3v) is 6.99. The van der Waals surface area contributed by atoms with Gasteiger partial charge in [0.15, 0.2) is 0 Å². The summed E-state index contributed by atoms with van der Waals surface area (Å²) in [7, 11) is 1.45. The Hall–Kier alpha value is -4.08. The number of aromatic amines is 1. The minimum Gasteiger partial charge on any atom is -0.444 e. The molecule has 3 heterocycles. The van der Waals surface area contributed by atoms with Crippen molar-refractivity contribution in [1.82, 2.24) is 25.1 Å². The fraction of sp³-hybridized carbons (Fsp3) is 0.407. The second-order valence-electron chi connectivity index (χ2n) is 10.7. The van der Waals surface area contributed by atoms with Crippen molar-refractivity contribution in [3.63, 3.8) is 0 Å². The van der Waals surface area contributed by atoms with Crippen LogP contribution < -0.4 is 16.2 Å². The van der Waals surface area contributed by atoms with Crippen LogP contribution in [0.25, 0.3) is 10.9 Å². The monoisotopic (exact) mass is 505 g/mol. The van der Waals surface area contributed by atoms with E-state index in [4.69, 9.17) is 4.74 Å². The molecule has 3 aromatic rings. The number of ether oxygens (including phenoxy) is 1. The molecule has 3 N–H and O–H groups in total.